The lowest BCUT2D eigenvalue weighted by atomic mass is 9.63. The number of hydrogen-bond acceptors (Lipinski definition) is 2. The van der Waals surface area contributed by atoms with Crippen molar-refractivity contribution in [3.05, 3.63) is 59.2 Å². The number of carboxylic acid groups (broad SMARTS) is 2. The molecule has 24 heavy (non-hydrogen) atoms. The molecule has 0 spiro atoms. The Kier molecular flexibility index (Phi) is 4.70. The smallest absolute Gasteiger partial charge is 0.332 e. The lowest BCUT2D eigenvalue weighted by Crippen LogP contribution is -2.43. The molecule has 0 bridgehead atoms. The lowest BCUT2D eigenvalue weighted by Gasteiger charge is -2.39. The van der Waals surface area contributed by atoms with Gasteiger partial charge in [-0.2, -0.15) is 0 Å². The van der Waals surface area contributed by atoms with Gasteiger partial charge in [0.1, 0.15) is 0 Å². The summed E-state index contributed by atoms with van der Waals surface area (Å²) in [6.45, 7) is 7.52. The van der Waals surface area contributed by atoms with E-state index in [2.05, 4.69) is 0 Å². The van der Waals surface area contributed by atoms with Crippen molar-refractivity contribution < 1.29 is 19.8 Å². The Hall–Kier alpha value is -2.36. The zero-order valence-electron chi connectivity index (χ0n) is 14.5. The molecule has 0 aliphatic heterocycles. The maximum absolute atomic E-state index is 12.1. The number of aliphatic carboxylic acids is 2. The van der Waals surface area contributed by atoms with Crippen LogP contribution >= 0.6 is 0 Å². The Labute approximate surface area is 142 Å². The summed E-state index contributed by atoms with van der Waals surface area (Å²) in [6, 6.07) is 9.33. The second kappa shape index (κ2) is 6.27. The molecule has 0 radical (unpaired) electrons. The van der Waals surface area contributed by atoms with E-state index in [4.69, 9.17) is 0 Å². The molecule has 128 valence electrons. The summed E-state index contributed by atoms with van der Waals surface area (Å²) in [5, 5.41) is 19.7. The topological polar surface area (TPSA) is 74.6 Å². The standard InChI is InChI=1S/C20H24O4/c1-13-16(17(21)22)15(19(2,3)4)10-11-20(13,18(23)24)12-14-8-6-5-7-9-14/h5-11,13H,12H2,1-4H3,(H,21,22)(H,23,24)/t13?,20-/m1/s1. The number of carbonyl (C=O) groups is 2. The van der Waals surface area contributed by atoms with Crippen molar-refractivity contribution >= 4 is 11.9 Å². The first-order valence-corrected chi connectivity index (χ1v) is 8.04. The minimum atomic E-state index is -1.26. The average Bonchev–Trinajstić information content (AvgIpc) is 2.48. The van der Waals surface area contributed by atoms with Gasteiger partial charge in [0.2, 0.25) is 0 Å². The molecule has 4 heteroatoms. The third-order valence-electron chi connectivity index (χ3n) is 4.82. The third-order valence-corrected chi connectivity index (χ3v) is 4.82. The quantitative estimate of drug-likeness (QED) is 0.878. The molecule has 1 aromatic carbocycles. The van der Waals surface area contributed by atoms with Gasteiger partial charge in [0.25, 0.3) is 0 Å². The Morgan fingerprint density at radius 3 is 2.17 bits per heavy atom. The first kappa shape index (κ1) is 18.0. The van der Waals surface area contributed by atoms with Gasteiger partial charge in [0, 0.05) is 11.5 Å². The SMILES string of the molecule is CC1C(C(=O)O)=C(C(C)(C)C)C=C[C@]1(Cc1ccccc1)C(=O)O. The van der Waals surface area contributed by atoms with Crippen LogP contribution < -0.4 is 0 Å². The molecule has 4 nitrogen and oxygen atoms in total. The maximum atomic E-state index is 12.1. The van der Waals surface area contributed by atoms with Crippen molar-refractivity contribution in [3.8, 4) is 0 Å². The van der Waals surface area contributed by atoms with Crippen LogP contribution in [0.15, 0.2) is 53.6 Å². The Bertz CT molecular complexity index is 707. The maximum Gasteiger partial charge on any atom is 0.332 e. The van der Waals surface area contributed by atoms with E-state index >= 15 is 0 Å². The number of rotatable bonds is 4. The molecule has 1 aliphatic carbocycles. The second-order valence-corrected chi connectivity index (χ2v) is 7.45. The van der Waals surface area contributed by atoms with Crippen molar-refractivity contribution in [1.29, 1.82) is 0 Å². The summed E-state index contributed by atoms with van der Waals surface area (Å²) in [5.74, 6) is -2.68. The van der Waals surface area contributed by atoms with Crippen LogP contribution in [0.3, 0.4) is 0 Å². The molecule has 2 N–H and O–H groups in total. The fourth-order valence-corrected chi connectivity index (χ4v) is 3.39. The molecule has 0 saturated heterocycles. The van der Waals surface area contributed by atoms with E-state index in [0.717, 1.165) is 5.56 Å². The normalized spacial score (nSPS) is 24.1. The van der Waals surface area contributed by atoms with Crippen LogP contribution in [0.5, 0.6) is 0 Å². The highest BCUT2D eigenvalue weighted by Crippen LogP contribution is 2.46. The minimum Gasteiger partial charge on any atom is -0.481 e. The molecular formula is C20H24O4. The van der Waals surface area contributed by atoms with E-state index in [1.165, 1.54) is 0 Å². The molecule has 0 saturated carbocycles. The van der Waals surface area contributed by atoms with Gasteiger partial charge in [0.05, 0.1) is 5.41 Å². The van der Waals surface area contributed by atoms with E-state index in [1.54, 1.807) is 19.1 Å². The molecule has 2 atom stereocenters. The predicted molar refractivity (Wildman–Crippen MR) is 92.6 cm³/mol. The van der Waals surface area contributed by atoms with Crippen LogP contribution in [0.1, 0.15) is 33.3 Å². The second-order valence-electron chi connectivity index (χ2n) is 7.45. The summed E-state index contributed by atoms with van der Waals surface area (Å²) in [6.07, 6.45) is 3.63. The Morgan fingerprint density at radius 2 is 1.71 bits per heavy atom. The van der Waals surface area contributed by atoms with Gasteiger partial charge in [-0.15, -0.1) is 0 Å². The summed E-state index contributed by atoms with van der Waals surface area (Å²) in [4.78, 5) is 24.0. The summed E-state index contributed by atoms with van der Waals surface area (Å²) in [7, 11) is 0. The monoisotopic (exact) mass is 328 g/mol. The van der Waals surface area contributed by atoms with Crippen LogP contribution in [-0.4, -0.2) is 22.2 Å². The Balaban J connectivity index is 2.58. The molecule has 2 rings (SSSR count). The van der Waals surface area contributed by atoms with Gasteiger partial charge in [0.15, 0.2) is 0 Å². The van der Waals surface area contributed by atoms with Crippen LogP contribution in [0.4, 0.5) is 0 Å². The zero-order chi connectivity index (χ0) is 18.1. The average molecular weight is 328 g/mol. The van der Waals surface area contributed by atoms with E-state index in [-0.39, 0.29) is 17.4 Å². The van der Waals surface area contributed by atoms with Gasteiger partial charge < -0.3 is 10.2 Å². The molecule has 1 aromatic rings. The van der Waals surface area contributed by atoms with Gasteiger partial charge in [-0.25, -0.2) is 4.79 Å². The molecule has 0 amide bonds. The van der Waals surface area contributed by atoms with E-state index in [9.17, 15) is 19.8 Å². The van der Waals surface area contributed by atoms with Crippen LogP contribution in [0, 0.1) is 16.7 Å². The summed E-state index contributed by atoms with van der Waals surface area (Å²) in [5.41, 5.74) is 0.135. The van der Waals surface area contributed by atoms with Crippen molar-refractivity contribution in [2.75, 3.05) is 0 Å². The highest BCUT2D eigenvalue weighted by Gasteiger charge is 2.48. The number of benzene rings is 1. The lowest BCUT2D eigenvalue weighted by molar-refractivity contribution is -0.148. The van der Waals surface area contributed by atoms with Crippen LogP contribution in [0.2, 0.25) is 0 Å². The minimum absolute atomic E-state index is 0.198. The van der Waals surface area contributed by atoms with Crippen molar-refractivity contribution in [3.63, 3.8) is 0 Å². The fraction of sp³-hybridized carbons (Fsp3) is 0.400. The van der Waals surface area contributed by atoms with Gasteiger partial charge in [-0.05, 0) is 23.0 Å². The zero-order valence-corrected chi connectivity index (χ0v) is 14.5. The van der Waals surface area contributed by atoms with E-state index in [0.29, 0.717) is 5.57 Å². The molecule has 1 aliphatic rings. The fourth-order valence-electron chi connectivity index (χ4n) is 3.39. The number of carboxylic acids is 2. The van der Waals surface area contributed by atoms with Crippen LogP contribution in [0.25, 0.3) is 0 Å². The Morgan fingerprint density at radius 1 is 1.12 bits per heavy atom. The van der Waals surface area contributed by atoms with Gasteiger partial charge in [-0.3, -0.25) is 4.79 Å². The van der Waals surface area contributed by atoms with E-state index < -0.39 is 23.3 Å². The molecule has 1 unspecified atom stereocenters. The van der Waals surface area contributed by atoms with Gasteiger partial charge >= 0.3 is 11.9 Å². The first-order valence-electron chi connectivity index (χ1n) is 8.04. The molecule has 0 aromatic heterocycles. The highest BCUT2D eigenvalue weighted by molar-refractivity contribution is 5.92. The predicted octanol–water partition coefficient (Wildman–Crippen LogP) is 3.93. The first-order chi connectivity index (χ1) is 11.1. The van der Waals surface area contributed by atoms with Crippen molar-refractivity contribution in [2.45, 2.75) is 34.1 Å². The summed E-state index contributed by atoms with van der Waals surface area (Å²) < 4.78 is 0. The molecule has 0 heterocycles. The third kappa shape index (κ3) is 3.14. The van der Waals surface area contributed by atoms with Crippen molar-refractivity contribution in [2.24, 2.45) is 16.7 Å². The van der Waals surface area contributed by atoms with E-state index in [1.807, 2.05) is 51.1 Å². The van der Waals surface area contributed by atoms with Crippen LogP contribution in [-0.2, 0) is 16.0 Å². The van der Waals surface area contributed by atoms with Crippen molar-refractivity contribution in [1.82, 2.24) is 0 Å². The largest absolute Gasteiger partial charge is 0.481 e. The van der Waals surface area contributed by atoms with Gasteiger partial charge in [-0.1, -0.05) is 70.2 Å². The highest BCUT2D eigenvalue weighted by atomic mass is 16.4. The number of hydrogen-bond donors (Lipinski definition) is 2. The molecule has 0 fully saturated rings. The number of allylic oxidation sites excluding steroid dienone is 2. The summed E-state index contributed by atoms with van der Waals surface area (Å²) >= 11 is 0. The molecular weight excluding hydrogens is 304 g/mol.